The molecule has 0 saturated heterocycles. The summed E-state index contributed by atoms with van der Waals surface area (Å²) < 4.78 is 6.85. The van der Waals surface area contributed by atoms with Gasteiger partial charge < -0.3 is 15.5 Å². The Labute approximate surface area is 127 Å². The zero-order valence-electron chi connectivity index (χ0n) is 9.95. The van der Waals surface area contributed by atoms with E-state index < -0.39 is 0 Å². The minimum atomic E-state index is 0.492. The lowest BCUT2D eigenvalue weighted by Gasteiger charge is -2.13. The number of nitrogens with one attached hydrogen (secondary N) is 2. The molecule has 100 valence electrons. The molecule has 2 rings (SSSR count). The lowest BCUT2D eigenvalue weighted by molar-refractivity contribution is 0.416. The smallest absolute Gasteiger partial charge is 0.159 e. The Morgan fingerprint density at radius 2 is 1.95 bits per heavy atom. The van der Waals surface area contributed by atoms with Crippen molar-refractivity contribution in [3.63, 3.8) is 0 Å². The molecule has 1 heterocycles. The second-order valence-corrected chi connectivity index (χ2v) is 5.21. The topological polar surface area (TPSA) is 85.1 Å². The maximum atomic E-state index is 5.36. The Balaban J connectivity index is 2.38. The van der Waals surface area contributed by atoms with Gasteiger partial charge in [0.2, 0.25) is 0 Å². The molecule has 0 amide bonds. The third-order valence-electron chi connectivity index (χ3n) is 2.34. The van der Waals surface area contributed by atoms with E-state index in [-0.39, 0.29) is 0 Å². The Morgan fingerprint density at radius 3 is 2.63 bits per heavy atom. The summed E-state index contributed by atoms with van der Waals surface area (Å²) in [6.07, 6.45) is 1.41. The largest absolute Gasteiger partial charge is 0.495 e. The number of nitrogen functional groups attached to an aromatic ring is 1. The fraction of sp³-hybridized carbons (Fsp3) is 0.0909. The first-order chi connectivity index (χ1) is 9.15. The minimum absolute atomic E-state index is 0.492. The number of hydrazine groups is 1. The van der Waals surface area contributed by atoms with Crippen LogP contribution in [0.15, 0.2) is 33.5 Å². The van der Waals surface area contributed by atoms with Crippen LogP contribution in [0, 0.1) is 0 Å². The third-order valence-corrected chi connectivity index (χ3v) is 3.59. The molecule has 0 saturated carbocycles. The van der Waals surface area contributed by atoms with Crippen molar-refractivity contribution in [2.75, 3.05) is 17.9 Å². The number of anilines is 3. The highest BCUT2D eigenvalue weighted by Crippen LogP contribution is 2.33. The molecule has 0 radical (unpaired) electrons. The first-order valence-corrected chi connectivity index (χ1v) is 6.82. The Kier molecular flexibility index (Phi) is 4.56. The molecule has 8 heteroatoms. The SMILES string of the molecule is COc1ccc(Br)cc1Nc1ncnc(NN)c1Br. The van der Waals surface area contributed by atoms with Gasteiger partial charge in [-0.15, -0.1) is 0 Å². The molecule has 6 nitrogen and oxygen atoms in total. The number of nitrogens with two attached hydrogens (primary N) is 1. The summed E-state index contributed by atoms with van der Waals surface area (Å²) >= 11 is 6.79. The Bertz CT molecular complexity index is 593. The molecular formula is C11H11Br2N5O. The zero-order chi connectivity index (χ0) is 13.8. The Hall–Kier alpha value is -1.38. The molecular weight excluding hydrogens is 378 g/mol. The second-order valence-electron chi connectivity index (χ2n) is 3.50. The monoisotopic (exact) mass is 387 g/mol. The highest BCUT2D eigenvalue weighted by molar-refractivity contribution is 9.11. The van der Waals surface area contributed by atoms with Gasteiger partial charge >= 0.3 is 0 Å². The van der Waals surface area contributed by atoms with Crippen molar-refractivity contribution < 1.29 is 4.74 Å². The summed E-state index contributed by atoms with van der Waals surface area (Å²) in [5.74, 6) is 7.14. The molecule has 4 N–H and O–H groups in total. The van der Waals surface area contributed by atoms with Crippen molar-refractivity contribution in [2.45, 2.75) is 0 Å². The maximum absolute atomic E-state index is 5.36. The van der Waals surface area contributed by atoms with Crippen LogP contribution in [0.3, 0.4) is 0 Å². The van der Waals surface area contributed by atoms with Crippen LogP contribution in [0.25, 0.3) is 0 Å². The van der Waals surface area contributed by atoms with Gasteiger partial charge in [-0.3, -0.25) is 0 Å². The summed E-state index contributed by atoms with van der Waals surface area (Å²) in [4.78, 5) is 8.14. The van der Waals surface area contributed by atoms with Crippen molar-refractivity contribution >= 4 is 49.2 Å². The van der Waals surface area contributed by atoms with Crippen LogP contribution in [0.5, 0.6) is 5.75 Å². The van der Waals surface area contributed by atoms with E-state index in [0.29, 0.717) is 21.9 Å². The molecule has 1 aromatic carbocycles. The molecule has 0 unspecified atom stereocenters. The van der Waals surface area contributed by atoms with Gasteiger partial charge in [0, 0.05) is 4.47 Å². The van der Waals surface area contributed by atoms with Gasteiger partial charge in [0.05, 0.1) is 12.8 Å². The number of nitrogens with zero attached hydrogens (tertiary/aromatic N) is 2. The van der Waals surface area contributed by atoms with E-state index in [0.717, 1.165) is 10.2 Å². The van der Waals surface area contributed by atoms with Crippen LogP contribution in [-0.4, -0.2) is 17.1 Å². The van der Waals surface area contributed by atoms with Gasteiger partial charge in [0.1, 0.15) is 22.4 Å². The van der Waals surface area contributed by atoms with Gasteiger partial charge in [-0.2, -0.15) is 0 Å². The number of aromatic nitrogens is 2. The lowest BCUT2D eigenvalue weighted by atomic mass is 10.3. The first-order valence-electron chi connectivity index (χ1n) is 5.23. The molecule has 0 spiro atoms. The third kappa shape index (κ3) is 3.14. The number of rotatable bonds is 4. The van der Waals surface area contributed by atoms with Crippen molar-refractivity contribution in [2.24, 2.45) is 5.84 Å². The Morgan fingerprint density at radius 1 is 1.21 bits per heavy atom. The molecule has 0 aliphatic rings. The molecule has 19 heavy (non-hydrogen) atoms. The molecule has 0 atom stereocenters. The fourth-order valence-corrected chi connectivity index (χ4v) is 2.24. The van der Waals surface area contributed by atoms with Crippen molar-refractivity contribution in [3.05, 3.63) is 33.5 Å². The van der Waals surface area contributed by atoms with E-state index in [1.807, 2.05) is 18.2 Å². The number of hydrogen-bond donors (Lipinski definition) is 3. The predicted octanol–water partition coefficient (Wildman–Crippen LogP) is 3.04. The molecule has 0 aliphatic heterocycles. The summed E-state index contributed by atoms with van der Waals surface area (Å²) in [6.45, 7) is 0. The average molecular weight is 389 g/mol. The molecule has 0 bridgehead atoms. The predicted molar refractivity (Wildman–Crippen MR) is 81.5 cm³/mol. The van der Waals surface area contributed by atoms with Crippen LogP contribution in [-0.2, 0) is 0 Å². The lowest BCUT2D eigenvalue weighted by Crippen LogP contribution is -2.10. The zero-order valence-corrected chi connectivity index (χ0v) is 13.1. The standard InChI is InChI=1S/C11H11Br2N5O/c1-19-8-3-2-6(12)4-7(8)17-10-9(13)11(18-14)16-5-15-10/h2-5H,14H2,1H3,(H2,15,16,17,18). The van der Waals surface area contributed by atoms with Gasteiger partial charge in [0.25, 0.3) is 0 Å². The summed E-state index contributed by atoms with van der Waals surface area (Å²) in [7, 11) is 1.61. The summed E-state index contributed by atoms with van der Waals surface area (Å²) in [5, 5.41) is 3.16. The quantitative estimate of drug-likeness (QED) is 0.551. The number of methoxy groups -OCH3 is 1. The minimum Gasteiger partial charge on any atom is -0.495 e. The maximum Gasteiger partial charge on any atom is 0.159 e. The average Bonchev–Trinajstić information content (AvgIpc) is 2.41. The van der Waals surface area contributed by atoms with E-state index in [1.54, 1.807) is 7.11 Å². The van der Waals surface area contributed by atoms with Gasteiger partial charge in [-0.05, 0) is 34.1 Å². The normalized spacial score (nSPS) is 10.1. The fourth-order valence-electron chi connectivity index (χ4n) is 1.46. The van der Waals surface area contributed by atoms with Gasteiger partial charge in [-0.25, -0.2) is 15.8 Å². The highest BCUT2D eigenvalue weighted by Gasteiger charge is 2.10. The van der Waals surface area contributed by atoms with Crippen molar-refractivity contribution in [3.8, 4) is 5.75 Å². The molecule has 1 aromatic heterocycles. The number of benzene rings is 1. The van der Waals surface area contributed by atoms with Crippen molar-refractivity contribution in [1.29, 1.82) is 0 Å². The van der Waals surface area contributed by atoms with Crippen LogP contribution in [0.1, 0.15) is 0 Å². The van der Waals surface area contributed by atoms with E-state index in [2.05, 4.69) is 52.6 Å². The van der Waals surface area contributed by atoms with Crippen LogP contribution in [0.2, 0.25) is 0 Å². The van der Waals surface area contributed by atoms with Crippen molar-refractivity contribution in [1.82, 2.24) is 9.97 Å². The first kappa shape index (κ1) is 14.0. The molecule has 0 fully saturated rings. The highest BCUT2D eigenvalue weighted by atomic mass is 79.9. The van der Waals surface area contributed by atoms with Crippen LogP contribution >= 0.6 is 31.9 Å². The van der Waals surface area contributed by atoms with E-state index in [1.165, 1.54) is 6.33 Å². The number of ether oxygens (including phenoxy) is 1. The number of hydrogen-bond acceptors (Lipinski definition) is 6. The van der Waals surface area contributed by atoms with E-state index in [4.69, 9.17) is 10.6 Å². The van der Waals surface area contributed by atoms with Crippen LogP contribution < -0.4 is 21.3 Å². The van der Waals surface area contributed by atoms with Gasteiger partial charge in [0.15, 0.2) is 5.82 Å². The molecule has 2 aromatic rings. The molecule has 0 aliphatic carbocycles. The van der Waals surface area contributed by atoms with E-state index in [9.17, 15) is 0 Å². The summed E-state index contributed by atoms with van der Waals surface area (Å²) in [5.41, 5.74) is 3.26. The van der Waals surface area contributed by atoms with Gasteiger partial charge in [-0.1, -0.05) is 15.9 Å². The second kappa shape index (κ2) is 6.18. The van der Waals surface area contributed by atoms with E-state index >= 15 is 0 Å². The summed E-state index contributed by atoms with van der Waals surface area (Å²) in [6, 6.07) is 5.64. The number of halogens is 2. The van der Waals surface area contributed by atoms with Crippen LogP contribution in [0.4, 0.5) is 17.3 Å².